The average Bonchev–Trinajstić information content (AvgIpc) is 1.96. The van der Waals surface area contributed by atoms with Crippen molar-refractivity contribution >= 4 is 11.7 Å². The van der Waals surface area contributed by atoms with Crippen LogP contribution in [0, 0.1) is 0 Å². The fourth-order valence-electron chi connectivity index (χ4n) is 0.733. The molecule has 0 aliphatic rings. The third-order valence-corrected chi connectivity index (χ3v) is 1.29. The van der Waals surface area contributed by atoms with E-state index in [1.807, 2.05) is 4.98 Å². The molecule has 1 aromatic rings. The van der Waals surface area contributed by atoms with Gasteiger partial charge in [-0.15, -0.1) is 0 Å². The van der Waals surface area contributed by atoms with Gasteiger partial charge >= 0.3 is 5.97 Å². The van der Waals surface area contributed by atoms with E-state index in [1.54, 1.807) is 0 Å². The summed E-state index contributed by atoms with van der Waals surface area (Å²) in [5, 5.41) is 17.4. The molecule has 0 spiro atoms. The second kappa shape index (κ2) is 2.57. The van der Waals surface area contributed by atoms with Crippen molar-refractivity contribution in [2.45, 2.75) is 0 Å². The fourth-order valence-corrected chi connectivity index (χ4v) is 0.733. The Morgan fingerprint density at radius 2 is 2.17 bits per heavy atom. The standard InChI is InChI=1S/C6H6N2O4/c7-4-2(6(11)12)1-3(9)8-5(4)10/h1H,7H2,(H,11,12)(H2,8,9,10). The van der Waals surface area contributed by atoms with Crippen LogP contribution in [0.2, 0.25) is 0 Å². The third-order valence-electron chi connectivity index (χ3n) is 1.29. The van der Waals surface area contributed by atoms with Gasteiger partial charge in [-0.1, -0.05) is 0 Å². The first-order chi connectivity index (χ1) is 5.52. The number of anilines is 1. The van der Waals surface area contributed by atoms with E-state index in [-0.39, 0.29) is 5.69 Å². The molecule has 0 bridgehead atoms. The molecule has 64 valence electrons. The Morgan fingerprint density at radius 3 is 2.67 bits per heavy atom. The maximum absolute atomic E-state index is 10.6. The van der Waals surface area contributed by atoms with E-state index in [0.717, 1.165) is 6.07 Å². The number of carboxylic acid groups (broad SMARTS) is 1. The largest absolute Gasteiger partial charge is 0.493 e. The summed E-state index contributed by atoms with van der Waals surface area (Å²) in [6.07, 6.45) is 0. The molecule has 0 unspecified atom stereocenters. The van der Waals surface area contributed by atoms with Crippen molar-refractivity contribution < 1.29 is 15.0 Å². The van der Waals surface area contributed by atoms with Crippen LogP contribution in [0.5, 0.6) is 5.88 Å². The monoisotopic (exact) mass is 170 g/mol. The Balaban J connectivity index is 3.48. The molecule has 0 amide bonds. The van der Waals surface area contributed by atoms with Gasteiger partial charge in [0.05, 0.1) is 5.56 Å². The molecule has 0 aliphatic heterocycles. The number of carbonyl (C=O) groups is 1. The number of H-pyrrole nitrogens is 1. The van der Waals surface area contributed by atoms with Crippen LogP contribution >= 0.6 is 0 Å². The van der Waals surface area contributed by atoms with E-state index in [1.165, 1.54) is 0 Å². The number of aromatic amines is 1. The quantitative estimate of drug-likeness (QED) is 0.447. The first-order valence-electron chi connectivity index (χ1n) is 2.97. The predicted octanol–water partition coefficient (Wildman–Crippen LogP) is -0.639. The van der Waals surface area contributed by atoms with Gasteiger partial charge in [0.1, 0.15) is 5.69 Å². The number of aromatic carboxylic acids is 1. The highest BCUT2D eigenvalue weighted by atomic mass is 16.4. The molecule has 0 saturated heterocycles. The predicted molar refractivity (Wildman–Crippen MR) is 40.1 cm³/mol. The van der Waals surface area contributed by atoms with E-state index in [4.69, 9.17) is 15.9 Å². The van der Waals surface area contributed by atoms with Crippen LogP contribution in [0.4, 0.5) is 5.69 Å². The molecule has 1 rings (SSSR count). The van der Waals surface area contributed by atoms with Crippen molar-refractivity contribution in [1.82, 2.24) is 4.98 Å². The summed E-state index contributed by atoms with van der Waals surface area (Å²) >= 11 is 0. The van der Waals surface area contributed by atoms with Crippen molar-refractivity contribution in [3.8, 4) is 5.88 Å². The Morgan fingerprint density at radius 1 is 1.58 bits per heavy atom. The zero-order chi connectivity index (χ0) is 9.30. The van der Waals surface area contributed by atoms with Crippen molar-refractivity contribution in [3.63, 3.8) is 0 Å². The lowest BCUT2D eigenvalue weighted by Gasteiger charge is -2.00. The van der Waals surface area contributed by atoms with E-state index in [2.05, 4.69) is 0 Å². The molecule has 0 aliphatic carbocycles. The van der Waals surface area contributed by atoms with E-state index < -0.39 is 23.0 Å². The number of aromatic hydroxyl groups is 1. The number of nitrogens with one attached hydrogen (secondary N) is 1. The third kappa shape index (κ3) is 1.22. The number of hydrogen-bond acceptors (Lipinski definition) is 4. The highest BCUT2D eigenvalue weighted by Gasteiger charge is 2.12. The minimum absolute atomic E-state index is 0.345. The molecule has 1 heterocycles. The van der Waals surface area contributed by atoms with Gasteiger partial charge in [0.15, 0.2) is 0 Å². The number of hydrogen-bond donors (Lipinski definition) is 4. The van der Waals surface area contributed by atoms with Gasteiger partial charge in [0.25, 0.3) is 5.56 Å². The van der Waals surface area contributed by atoms with Crippen LogP contribution in [0.25, 0.3) is 0 Å². The molecule has 12 heavy (non-hydrogen) atoms. The van der Waals surface area contributed by atoms with E-state index >= 15 is 0 Å². The van der Waals surface area contributed by atoms with Gasteiger partial charge in [-0.3, -0.25) is 9.78 Å². The molecule has 0 saturated carbocycles. The molecule has 5 N–H and O–H groups in total. The van der Waals surface area contributed by atoms with E-state index in [9.17, 15) is 9.59 Å². The van der Waals surface area contributed by atoms with Crippen LogP contribution < -0.4 is 11.3 Å². The van der Waals surface area contributed by atoms with Crippen molar-refractivity contribution in [2.75, 3.05) is 5.73 Å². The SMILES string of the molecule is Nc1c(C(=O)O)cc(=O)[nH]c1O. The summed E-state index contributed by atoms with van der Waals surface area (Å²) in [4.78, 5) is 23.0. The summed E-state index contributed by atoms with van der Waals surface area (Å²) in [5.74, 6) is -1.98. The highest BCUT2D eigenvalue weighted by molar-refractivity contribution is 5.94. The summed E-state index contributed by atoms with van der Waals surface area (Å²) in [6, 6.07) is 0.803. The molecule has 6 heteroatoms. The topological polar surface area (TPSA) is 116 Å². The maximum atomic E-state index is 10.6. The van der Waals surface area contributed by atoms with Gasteiger partial charge in [-0.05, 0) is 0 Å². The maximum Gasteiger partial charge on any atom is 0.338 e. The lowest BCUT2D eigenvalue weighted by molar-refractivity contribution is 0.0697. The normalized spacial score (nSPS) is 9.67. The average molecular weight is 170 g/mol. The Bertz CT molecular complexity index is 382. The Hall–Kier alpha value is -1.98. The minimum Gasteiger partial charge on any atom is -0.493 e. The zero-order valence-electron chi connectivity index (χ0n) is 5.87. The molecular formula is C6H6N2O4. The van der Waals surface area contributed by atoms with Crippen LogP contribution in [0.15, 0.2) is 10.9 Å². The van der Waals surface area contributed by atoms with Gasteiger partial charge in [0, 0.05) is 6.07 Å². The second-order valence-electron chi connectivity index (χ2n) is 2.11. The molecule has 0 radical (unpaired) electrons. The minimum atomic E-state index is -1.35. The molecule has 0 atom stereocenters. The first kappa shape index (κ1) is 8.12. The lowest BCUT2D eigenvalue weighted by atomic mass is 10.2. The number of rotatable bonds is 1. The molecule has 0 fully saturated rings. The highest BCUT2D eigenvalue weighted by Crippen LogP contribution is 2.17. The summed E-state index contributed by atoms with van der Waals surface area (Å²) in [5.41, 5.74) is 3.69. The smallest absolute Gasteiger partial charge is 0.338 e. The molecule has 6 nitrogen and oxygen atoms in total. The van der Waals surface area contributed by atoms with Crippen LogP contribution in [-0.4, -0.2) is 21.2 Å². The zero-order valence-corrected chi connectivity index (χ0v) is 5.87. The first-order valence-corrected chi connectivity index (χ1v) is 2.97. The van der Waals surface area contributed by atoms with Crippen LogP contribution in [-0.2, 0) is 0 Å². The number of carboxylic acids is 1. The van der Waals surface area contributed by atoms with Gasteiger partial charge < -0.3 is 15.9 Å². The van der Waals surface area contributed by atoms with Crippen molar-refractivity contribution in [1.29, 1.82) is 0 Å². The second-order valence-corrected chi connectivity index (χ2v) is 2.11. The summed E-state index contributed by atoms with van der Waals surface area (Å²) in [6.45, 7) is 0. The van der Waals surface area contributed by atoms with E-state index in [0.29, 0.717) is 0 Å². The number of nitrogen functional groups attached to an aromatic ring is 1. The van der Waals surface area contributed by atoms with Crippen molar-refractivity contribution in [2.24, 2.45) is 0 Å². The number of nitrogens with two attached hydrogens (primary N) is 1. The fraction of sp³-hybridized carbons (Fsp3) is 0. The van der Waals surface area contributed by atoms with Gasteiger partial charge in [-0.2, -0.15) is 0 Å². The molecule has 0 aromatic carbocycles. The molecular weight excluding hydrogens is 164 g/mol. The number of aromatic nitrogens is 1. The lowest BCUT2D eigenvalue weighted by Crippen LogP contribution is -2.12. The summed E-state index contributed by atoms with van der Waals surface area (Å²) < 4.78 is 0. The van der Waals surface area contributed by atoms with Crippen LogP contribution in [0.3, 0.4) is 0 Å². The number of pyridine rings is 1. The van der Waals surface area contributed by atoms with Gasteiger partial charge in [0.2, 0.25) is 5.88 Å². The van der Waals surface area contributed by atoms with Gasteiger partial charge in [-0.25, -0.2) is 4.79 Å². The molecule has 1 aromatic heterocycles. The van der Waals surface area contributed by atoms with Crippen LogP contribution in [0.1, 0.15) is 10.4 Å². The Kier molecular flexibility index (Phi) is 1.74. The van der Waals surface area contributed by atoms with Crippen molar-refractivity contribution in [3.05, 3.63) is 22.0 Å². The Labute approximate surface area is 66.3 Å². The summed E-state index contributed by atoms with van der Waals surface area (Å²) in [7, 11) is 0.